The first-order valence-electron chi connectivity index (χ1n) is 1.53. The minimum Gasteiger partial charge on any atom is -0.247 e. The Labute approximate surface area is 32.0 Å². The summed E-state index contributed by atoms with van der Waals surface area (Å²) in [5.41, 5.74) is 0. The van der Waals surface area contributed by atoms with E-state index in [9.17, 15) is 4.39 Å². The van der Waals surface area contributed by atoms with Gasteiger partial charge >= 0.3 is 0 Å². The molecule has 1 unspecified atom stereocenters. The average Bonchev–Trinajstić information content (AvgIpc) is 1.38. The molecule has 0 fully saturated rings. The van der Waals surface area contributed by atoms with Gasteiger partial charge in [0.2, 0.25) is 0 Å². The molecule has 1 atom stereocenters. The molecule has 0 heterocycles. The summed E-state index contributed by atoms with van der Waals surface area (Å²) in [6.45, 7) is 6.28. The molecule has 0 amide bonds. The average molecular weight is 74.1 g/mol. The van der Waals surface area contributed by atoms with Crippen molar-refractivity contribution in [1.29, 1.82) is 0 Å². The predicted octanol–water partition coefficient (Wildman–Crippen LogP) is 1.38. The lowest BCUT2D eigenvalue weighted by Gasteiger charge is -1.85. The summed E-state index contributed by atoms with van der Waals surface area (Å²) in [4.78, 5) is 0. The van der Waals surface area contributed by atoms with Crippen molar-refractivity contribution in [2.24, 2.45) is 0 Å². The molecule has 0 spiro atoms. The maximum absolute atomic E-state index is 11.3. The Morgan fingerprint density at radius 2 is 2.00 bits per heavy atom. The molecule has 2 radical (unpaired) electrons. The van der Waals surface area contributed by atoms with Crippen LogP contribution >= 0.6 is 0 Å². The molecule has 30 valence electrons. The van der Waals surface area contributed by atoms with Crippen LogP contribution in [-0.2, 0) is 0 Å². The second-order valence-corrected chi connectivity index (χ2v) is 0.886. The normalized spacial score (nSPS) is 15.0. The Morgan fingerprint density at radius 3 is 2.00 bits per heavy atom. The molecule has 0 bridgehead atoms. The van der Waals surface area contributed by atoms with E-state index in [0.717, 1.165) is 0 Å². The Bertz CT molecular complexity index is 17.6. The van der Waals surface area contributed by atoms with Crippen molar-refractivity contribution in [2.75, 3.05) is 0 Å². The molecule has 0 saturated carbocycles. The van der Waals surface area contributed by atoms with Crippen LogP contribution in [-0.4, -0.2) is 6.17 Å². The van der Waals surface area contributed by atoms with Crippen molar-refractivity contribution in [2.45, 2.75) is 12.6 Å². The summed E-state index contributed by atoms with van der Waals surface area (Å²) in [6, 6.07) is 0. The molecule has 5 heavy (non-hydrogen) atoms. The largest absolute Gasteiger partial charge is 0.247 e. The molecular weight excluding hydrogens is 67.0 g/mol. The van der Waals surface area contributed by atoms with Gasteiger partial charge in [0.15, 0.2) is 0 Å². The zero-order valence-electron chi connectivity index (χ0n) is 3.08. The molecule has 0 aliphatic rings. The zero-order chi connectivity index (χ0) is 4.28. The minimum absolute atomic E-state index is 0.278. The van der Waals surface area contributed by atoms with E-state index in [2.05, 4.69) is 13.8 Å². The molecule has 0 nitrogen and oxygen atoms in total. The predicted molar refractivity (Wildman–Crippen MR) is 20.2 cm³/mol. The highest BCUT2D eigenvalue weighted by molar-refractivity contribution is 4.56. The second kappa shape index (κ2) is 2.18. The molecule has 0 aliphatic heterocycles. The van der Waals surface area contributed by atoms with Crippen molar-refractivity contribution in [3.05, 3.63) is 13.8 Å². The third-order valence-corrected chi connectivity index (χ3v) is 0.313. The van der Waals surface area contributed by atoms with E-state index in [1.54, 1.807) is 0 Å². The van der Waals surface area contributed by atoms with Crippen LogP contribution in [0.3, 0.4) is 0 Å². The summed E-state index contributed by atoms with van der Waals surface area (Å²) in [5, 5.41) is 0. The first-order valence-corrected chi connectivity index (χ1v) is 1.53. The standard InChI is InChI=1S/C4H7F/c1-3-4(2)5/h4H,1-3H2. The smallest absolute Gasteiger partial charge is 0.100 e. The van der Waals surface area contributed by atoms with Crippen LogP contribution in [0.15, 0.2) is 0 Å². The lowest BCUT2D eigenvalue weighted by molar-refractivity contribution is 0.400. The van der Waals surface area contributed by atoms with Gasteiger partial charge in [0, 0.05) is 0 Å². The van der Waals surface area contributed by atoms with E-state index >= 15 is 0 Å². The van der Waals surface area contributed by atoms with Gasteiger partial charge in [-0.3, -0.25) is 0 Å². The third-order valence-electron chi connectivity index (χ3n) is 0.313. The van der Waals surface area contributed by atoms with Crippen molar-refractivity contribution >= 4 is 0 Å². The van der Waals surface area contributed by atoms with Crippen LogP contribution in [0.25, 0.3) is 0 Å². The fourth-order valence-electron chi connectivity index (χ4n) is 0. The maximum atomic E-state index is 11.3. The summed E-state index contributed by atoms with van der Waals surface area (Å²) in [6.07, 6.45) is -0.699. The molecule has 1 heteroatoms. The summed E-state index contributed by atoms with van der Waals surface area (Å²) in [5.74, 6) is 0. The minimum atomic E-state index is -0.977. The molecule has 0 aliphatic carbocycles. The number of hydrogen-bond donors (Lipinski definition) is 0. The van der Waals surface area contributed by atoms with E-state index < -0.39 is 6.17 Å². The SMILES string of the molecule is [CH2]CC([CH2])F. The molecular formula is C4H7F. The van der Waals surface area contributed by atoms with Gasteiger partial charge < -0.3 is 0 Å². The summed E-state index contributed by atoms with van der Waals surface area (Å²) >= 11 is 0. The Balaban J connectivity index is 2.54. The molecule has 0 aromatic carbocycles. The number of halogens is 1. The fraction of sp³-hybridized carbons (Fsp3) is 0.500. The van der Waals surface area contributed by atoms with Crippen molar-refractivity contribution in [3.63, 3.8) is 0 Å². The monoisotopic (exact) mass is 74.1 g/mol. The lowest BCUT2D eigenvalue weighted by Crippen LogP contribution is -1.84. The Hall–Kier alpha value is -0.0700. The lowest BCUT2D eigenvalue weighted by atomic mass is 10.4. The van der Waals surface area contributed by atoms with Crippen LogP contribution in [0, 0.1) is 13.8 Å². The van der Waals surface area contributed by atoms with Crippen molar-refractivity contribution in [3.8, 4) is 0 Å². The Morgan fingerprint density at radius 1 is 1.80 bits per heavy atom. The van der Waals surface area contributed by atoms with Gasteiger partial charge in [-0.15, -0.1) is 0 Å². The highest BCUT2D eigenvalue weighted by Gasteiger charge is 1.85. The maximum Gasteiger partial charge on any atom is 0.100 e. The Kier molecular flexibility index (Phi) is 2.15. The van der Waals surface area contributed by atoms with Gasteiger partial charge in [-0.25, -0.2) is 4.39 Å². The van der Waals surface area contributed by atoms with E-state index in [1.165, 1.54) is 0 Å². The van der Waals surface area contributed by atoms with E-state index in [4.69, 9.17) is 0 Å². The van der Waals surface area contributed by atoms with Gasteiger partial charge in [0.05, 0.1) is 0 Å². The second-order valence-electron chi connectivity index (χ2n) is 0.886. The topological polar surface area (TPSA) is 0 Å². The van der Waals surface area contributed by atoms with E-state index in [1.807, 2.05) is 0 Å². The highest BCUT2D eigenvalue weighted by atomic mass is 19.1. The summed E-state index contributed by atoms with van der Waals surface area (Å²) in [7, 11) is 0. The third kappa shape index (κ3) is 3.93. The molecule has 0 aromatic heterocycles. The first-order chi connectivity index (χ1) is 2.27. The van der Waals surface area contributed by atoms with Gasteiger partial charge in [-0.1, -0.05) is 6.92 Å². The van der Waals surface area contributed by atoms with Crippen LogP contribution < -0.4 is 0 Å². The van der Waals surface area contributed by atoms with Crippen molar-refractivity contribution in [1.82, 2.24) is 0 Å². The molecule has 0 rings (SSSR count). The quantitative estimate of drug-likeness (QED) is 0.441. The van der Waals surface area contributed by atoms with Gasteiger partial charge in [0.1, 0.15) is 6.17 Å². The van der Waals surface area contributed by atoms with Crippen molar-refractivity contribution < 1.29 is 4.39 Å². The van der Waals surface area contributed by atoms with Crippen LogP contribution in [0.5, 0.6) is 0 Å². The van der Waals surface area contributed by atoms with Gasteiger partial charge in [0.25, 0.3) is 0 Å². The van der Waals surface area contributed by atoms with Gasteiger partial charge in [-0.2, -0.15) is 0 Å². The van der Waals surface area contributed by atoms with Crippen LogP contribution in [0.4, 0.5) is 4.39 Å². The number of hydrogen-bond acceptors (Lipinski definition) is 0. The molecule has 0 N–H and O–H groups in total. The number of rotatable bonds is 1. The van der Waals surface area contributed by atoms with Gasteiger partial charge in [-0.05, 0) is 13.3 Å². The summed E-state index contributed by atoms with van der Waals surface area (Å²) < 4.78 is 11.3. The van der Waals surface area contributed by atoms with E-state index in [-0.39, 0.29) is 6.42 Å². The fourth-order valence-corrected chi connectivity index (χ4v) is 0. The molecule has 0 saturated heterocycles. The van der Waals surface area contributed by atoms with Crippen LogP contribution in [0.2, 0.25) is 0 Å². The first kappa shape index (κ1) is 4.93. The number of alkyl halides is 1. The van der Waals surface area contributed by atoms with Crippen LogP contribution in [0.1, 0.15) is 6.42 Å². The highest BCUT2D eigenvalue weighted by Crippen LogP contribution is 1.88. The van der Waals surface area contributed by atoms with E-state index in [0.29, 0.717) is 0 Å². The zero-order valence-corrected chi connectivity index (χ0v) is 3.08. The molecule has 0 aromatic rings.